The van der Waals surface area contributed by atoms with E-state index in [2.05, 4.69) is 27.4 Å². The first-order chi connectivity index (χ1) is 8.63. The number of nitrogens with zero attached hydrogens (tertiary/aromatic N) is 2. The second-order valence-electron chi connectivity index (χ2n) is 4.23. The summed E-state index contributed by atoms with van der Waals surface area (Å²) in [6.45, 7) is 8.58. The number of carbonyl (C=O) groups is 1. The first-order valence-corrected chi connectivity index (χ1v) is 6.08. The average molecular weight is 252 g/mol. The SMILES string of the molecule is C=CCNC(=O)NCCCc1nc(C(C)C)no1. The number of aromatic nitrogens is 2. The van der Waals surface area contributed by atoms with E-state index in [-0.39, 0.29) is 11.9 Å². The Morgan fingerprint density at radius 2 is 2.28 bits per heavy atom. The van der Waals surface area contributed by atoms with Gasteiger partial charge in [-0.2, -0.15) is 4.98 Å². The van der Waals surface area contributed by atoms with Crippen LogP contribution in [0.15, 0.2) is 17.2 Å². The smallest absolute Gasteiger partial charge is 0.315 e. The van der Waals surface area contributed by atoms with Gasteiger partial charge in [-0.3, -0.25) is 0 Å². The van der Waals surface area contributed by atoms with Crippen molar-refractivity contribution in [2.75, 3.05) is 13.1 Å². The Hall–Kier alpha value is -1.85. The molecule has 6 nitrogen and oxygen atoms in total. The zero-order chi connectivity index (χ0) is 13.4. The Kier molecular flexibility index (Phi) is 5.90. The zero-order valence-corrected chi connectivity index (χ0v) is 10.9. The minimum atomic E-state index is -0.191. The van der Waals surface area contributed by atoms with Gasteiger partial charge < -0.3 is 15.2 Å². The molecular formula is C12H20N4O2. The fourth-order valence-corrected chi connectivity index (χ4v) is 1.27. The number of urea groups is 1. The maximum Gasteiger partial charge on any atom is 0.315 e. The lowest BCUT2D eigenvalue weighted by molar-refractivity contribution is 0.241. The number of hydrogen-bond donors (Lipinski definition) is 2. The molecule has 6 heteroatoms. The van der Waals surface area contributed by atoms with Gasteiger partial charge in [-0.1, -0.05) is 25.1 Å². The highest BCUT2D eigenvalue weighted by atomic mass is 16.5. The van der Waals surface area contributed by atoms with Gasteiger partial charge in [0, 0.05) is 25.4 Å². The van der Waals surface area contributed by atoms with Crippen LogP contribution in [0.4, 0.5) is 4.79 Å². The summed E-state index contributed by atoms with van der Waals surface area (Å²) in [5.74, 6) is 1.61. The van der Waals surface area contributed by atoms with Gasteiger partial charge in [0.25, 0.3) is 0 Å². The predicted molar refractivity (Wildman–Crippen MR) is 68.3 cm³/mol. The van der Waals surface area contributed by atoms with Crippen molar-refractivity contribution < 1.29 is 9.32 Å². The fraction of sp³-hybridized carbons (Fsp3) is 0.583. The molecule has 0 saturated heterocycles. The molecule has 1 aromatic rings. The molecule has 0 spiro atoms. The Balaban J connectivity index is 2.17. The molecule has 1 aromatic heterocycles. The van der Waals surface area contributed by atoms with E-state index < -0.39 is 0 Å². The van der Waals surface area contributed by atoms with Crippen molar-refractivity contribution in [1.29, 1.82) is 0 Å². The van der Waals surface area contributed by atoms with Gasteiger partial charge in [0.05, 0.1) is 0 Å². The lowest BCUT2D eigenvalue weighted by Gasteiger charge is -2.04. The number of hydrogen-bond acceptors (Lipinski definition) is 4. The molecule has 1 heterocycles. The highest BCUT2D eigenvalue weighted by molar-refractivity contribution is 5.73. The topological polar surface area (TPSA) is 80.0 Å². The Bertz CT molecular complexity index is 387. The van der Waals surface area contributed by atoms with E-state index in [1.165, 1.54) is 0 Å². The normalized spacial score (nSPS) is 10.4. The van der Waals surface area contributed by atoms with Crippen LogP contribution < -0.4 is 10.6 Å². The van der Waals surface area contributed by atoms with E-state index in [9.17, 15) is 4.79 Å². The van der Waals surface area contributed by atoms with Crippen molar-refractivity contribution in [3.05, 3.63) is 24.4 Å². The number of carbonyl (C=O) groups excluding carboxylic acids is 1. The molecule has 0 unspecified atom stereocenters. The molecule has 0 bridgehead atoms. The third kappa shape index (κ3) is 4.99. The first-order valence-electron chi connectivity index (χ1n) is 6.08. The van der Waals surface area contributed by atoms with Gasteiger partial charge >= 0.3 is 6.03 Å². The summed E-state index contributed by atoms with van der Waals surface area (Å²) >= 11 is 0. The van der Waals surface area contributed by atoms with Gasteiger partial charge in [0.15, 0.2) is 5.82 Å². The van der Waals surface area contributed by atoms with Crippen LogP contribution in [-0.4, -0.2) is 29.3 Å². The molecule has 0 aromatic carbocycles. The van der Waals surface area contributed by atoms with Gasteiger partial charge in [-0.25, -0.2) is 4.79 Å². The zero-order valence-electron chi connectivity index (χ0n) is 10.9. The van der Waals surface area contributed by atoms with Crippen molar-refractivity contribution in [1.82, 2.24) is 20.8 Å². The van der Waals surface area contributed by atoms with Crippen LogP contribution in [0, 0.1) is 0 Å². The maximum atomic E-state index is 11.2. The second-order valence-corrected chi connectivity index (χ2v) is 4.23. The van der Waals surface area contributed by atoms with Crippen LogP contribution in [-0.2, 0) is 6.42 Å². The van der Waals surface area contributed by atoms with Crippen LogP contribution in [0.5, 0.6) is 0 Å². The number of nitrogens with one attached hydrogen (secondary N) is 2. The van der Waals surface area contributed by atoms with Crippen LogP contribution in [0.3, 0.4) is 0 Å². The Morgan fingerprint density at radius 1 is 1.50 bits per heavy atom. The quantitative estimate of drug-likeness (QED) is 0.570. The number of amides is 2. The standard InChI is InChI=1S/C12H20N4O2/c1-4-7-13-12(17)14-8-5-6-10-15-11(9(2)3)16-18-10/h4,9H,1,5-8H2,2-3H3,(H2,13,14,17). The highest BCUT2D eigenvalue weighted by Gasteiger charge is 2.09. The summed E-state index contributed by atoms with van der Waals surface area (Å²) in [5.41, 5.74) is 0. The number of rotatable bonds is 7. The van der Waals surface area contributed by atoms with Crippen molar-refractivity contribution >= 4 is 6.03 Å². The van der Waals surface area contributed by atoms with E-state index in [0.717, 1.165) is 12.2 Å². The fourth-order valence-electron chi connectivity index (χ4n) is 1.27. The first kappa shape index (κ1) is 14.2. The van der Waals surface area contributed by atoms with Gasteiger partial charge in [-0.05, 0) is 6.42 Å². The minimum Gasteiger partial charge on any atom is -0.339 e. The summed E-state index contributed by atoms with van der Waals surface area (Å²) in [4.78, 5) is 15.4. The predicted octanol–water partition coefficient (Wildman–Crippen LogP) is 1.61. The van der Waals surface area contributed by atoms with Crippen molar-refractivity contribution in [2.24, 2.45) is 0 Å². The average Bonchev–Trinajstić information content (AvgIpc) is 2.81. The summed E-state index contributed by atoms with van der Waals surface area (Å²) in [5, 5.41) is 9.23. The van der Waals surface area contributed by atoms with E-state index in [0.29, 0.717) is 25.4 Å². The molecule has 0 atom stereocenters. The van der Waals surface area contributed by atoms with Crippen molar-refractivity contribution in [3.8, 4) is 0 Å². The van der Waals surface area contributed by atoms with Gasteiger partial charge in [-0.15, -0.1) is 6.58 Å². The molecule has 1 rings (SSSR count). The van der Waals surface area contributed by atoms with Crippen LogP contribution in [0.25, 0.3) is 0 Å². The van der Waals surface area contributed by atoms with Crippen LogP contribution in [0.2, 0.25) is 0 Å². The van der Waals surface area contributed by atoms with Crippen LogP contribution >= 0.6 is 0 Å². The molecule has 0 aliphatic heterocycles. The van der Waals surface area contributed by atoms with E-state index >= 15 is 0 Å². The molecule has 18 heavy (non-hydrogen) atoms. The highest BCUT2D eigenvalue weighted by Crippen LogP contribution is 2.10. The second kappa shape index (κ2) is 7.47. The maximum absolute atomic E-state index is 11.2. The molecule has 2 N–H and O–H groups in total. The molecule has 0 radical (unpaired) electrons. The molecule has 0 fully saturated rings. The Morgan fingerprint density at radius 3 is 2.89 bits per heavy atom. The third-order valence-corrected chi connectivity index (χ3v) is 2.26. The summed E-state index contributed by atoms with van der Waals surface area (Å²) in [6, 6.07) is -0.191. The molecule has 100 valence electrons. The largest absolute Gasteiger partial charge is 0.339 e. The van der Waals surface area contributed by atoms with E-state index in [1.54, 1.807) is 6.08 Å². The molecule has 2 amide bonds. The third-order valence-electron chi connectivity index (χ3n) is 2.26. The van der Waals surface area contributed by atoms with E-state index in [4.69, 9.17) is 4.52 Å². The monoisotopic (exact) mass is 252 g/mol. The summed E-state index contributed by atoms with van der Waals surface area (Å²) < 4.78 is 5.10. The van der Waals surface area contributed by atoms with Gasteiger partial charge in [0.2, 0.25) is 5.89 Å². The lowest BCUT2D eigenvalue weighted by atomic mass is 10.2. The van der Waals surface area contributed by atoms with Gasteiger partial charge in [0.1, 0.15) is 0 Å². The van der Waals surface area contributed by atoms with Crippen molar-refractivity contribution in [3.63, 3.8) is 0 Å². The molecular weight excluding hydrogens is 232 g/mol. The van der Waals surface area contributed by atoms with Crippen molar-refractivity contribution in [2.45, 2.75) is 32.6 Å². The molecule has 0 aliphatic carbocycles. The number of aryl methyl sites for hydroxylation is 1. The minimum absolute atomic E-state index is 0.191. The molecule has 0 aliphatic rings. The lowest BCUT2D eigenvalue weighted by Crippen LogP contribution is -2.36. The van der Waals surface area contributed by atoms with Crippen LogP contribution in [0.1, 0.15) is 37.9 Å². The summed E-state index contributed by atoms with van der Waals surface area (Å²) in [6.07, 6.45) is 3.06. The van der Waals surface area contributed by atoms with E-state index in [1.807, 2.05) is 13.8 Å². The Labute approximate surface area is 107 Å². The molecule has 0 saturated carbocycles. The summed E-state index contributed by atoms with van der Waals surface area (Å²) in [7, 11) is 0.